The van der Waals surface area contributed by atoms with E-state index in [0.29, 0.717) is 6.54 Å². The summed E-state index contributed by atoms with van der Waals surface area (Å²) in [7, 11) is 1.80. The molecule has 0 spiro atoms. The lowest BCUT2D eigenvalue weighted by atomic mass is 10.1. The fraction of sp³-hybridized carbons (Fsp3) is 0.333. The van der Waals surface area contributed by atoms with E-state index in [1.54, 1.807) is 29.5 Å². The standard InChI is InChI=1S/C15H19N3OS/c1-11-6-4-5-7-13(11)10-18(3)15(19)17-12(2)14-16-8-9-20-14/h4-9,12H,10H2,1-3H3,(H,17,19). The van der Waals surface area contributed by atoms with E-state index in [-0.39, 0.29) is 12.1 Å². The highest BCUT2D eigenvalue weighted by molar-refractivity contribution is 7.09. The molecule has 0 aliphatic heterocycles. The zero-order valence-corrected chi connectivity index (χ0v) is 12.8. The summed E-state index contributed by atoms with van der Waals surface area (Å²) >= 11 is 1.55. The minimum absolute atomic E-state index is 0.0678. The highest BCUT2D eigenvalue weighted by atomic mass is 32.1. The molecule has 0 bridgehead atoms. The number of rotatable bonds is 4. The first-order valence-electron chi connectivity index (χ1n) is 6.53. The first kappa shape index (κ1) is 14.5. The Kier molecular flexibility index (Phi) is 4.74. The van der Waals surface area contributed by atoms with Gasteiger partial charge in [0.05, 0.1) is 6.04 Å². The predicted molar refractivity (Wildman–Crippen MR) is 81.7 cm³/mol. The Morgan fingerprint density at radius 2 is 2.20 bits per heavy atom. The first-order chi connectivity index (χ1) is 9.58. The summed E-state index contributed by atoms with van der Waals surface area (Å²) in [5.74, 6) is 0. The Morgan fingerprint density at radius 3 is 2.85 bits per heavy atom. The van der Waals surface area contributed by atoms with Gasteiger partial charge in [0.15, 0.2) is 0 Å². The van der Waals surface area contributed by atoms with Crippen LogP contribution in [0.4, 0.5) is 4.79 Å². The molecule has 1 aromatic heterocycles. The van der Waals surface area contributed by atoms with E-state index in [0.717, 1.165) is 10.6 Å². The SMILES string of the molecule is Cc1ccccc1CN(C)C(=O)NC(C)c1nccs1. The molecule has 2 rings (SSSR count). The third kappa shape index (κ3) is 3.57. The highest BCUT2D eigenvalue weighted by Gasteiger charge is 2.15. The molecule has 0 aliphatic carbocycles. The second kappa shape index (κ2) is 6.52. The zero-order chi connectivity index (χ0) is 14.5. The number of hydrogen-bond acceptors (Lipinski definition) is 3. The minimum Gasteiger partial charge on any atom is -0.329 e. The number of aryl methyl sites for hydroxylation is 1. The van der Waals surface area contributed by atoms with Gasteiger partial charge in [-0.05, 0) is 25.0 Å². The minimum atomic E-state index is -0.0871. The number of nitrogens with one attached hydrogen (secondary N) is 1. The van der Waals surface area contributed by atoms with E-state index in [1.165, 1.54) is 5.56 Å². The maximum Gasteiger partial charge on any atom is 0.317 e. The van der Waals surface area contributed by atoms with Gasteiger partial charge in [-0.2, -0.15) is 0 Å². The number of urea groups is 1. The molecule has 0 aliphatic rings. The Bertz CT molecular complexity index is 568. The summed E-state index contributed by atoms with van der Waals surface area (Å²) in [6.45, 7) is 4.60. The van der Waals surface area contributed by atoms with Crippen LogP contribution in [0.25, 0.3) is 0 Å². The molecule has 106 valence electrons. The second-order valence-corrected chi connectivity index (χ2v) is 5.75. The van der Waals surface area contributed by atoms with Crippen LogP contribution in [0.3, 0.4) is 0 Å². The van der Waals surface area contributed by atoms with E-state index < -0.39 is 0 Å². The van der Waals surface area contributed by atoms with E-state index >= 15 is 0 Å². The smallest absolute Gasteiger partial charge is 0.317 e. The van der Waals surface area contributed by atoms with Gasteiger partial charge in [-0.15, -0.1) is 11.3 Å². The number of benzene rings is 1. The number of amides is 2. The molecule has 1 unspecified atom stereocenters. The van der Waals surface area contributed by atoms with E-state index in [4.69, 9.17) is 0 Å². The van der Waals surface area contributed by atoms with Crippen molar-refractivity contribution in [3.05, 3.63) is 52.0 Å². The third-order valence-electron chi connectivity index (χ3n) is 3.18. The molecular formula is C15H19N3OS. The van der Waals surface area contributed by atoms with Crippen molar-refractivity contribution in [3.63, 3.8) is 0 Å². The van der Waals surface area contributed by atoms with Gasteiger partial charge in [-0.1, -0.05) is 24.3 Å². The fourth-order valence-electron chi connectivity index (χ4n) is 1.92. The number of hydrogen-bond donors (Lipinski definition) is 1. The van der Waals surface area contributed by atoms with Crippen LogP contribution < -0.4 is 5.32 Å². The van der Waals surface area contributed by atoms with Crippen molar-refractivity contribution in [1.82, 2.24) is 15.2 Å². The largest absolute Gasteiger partial charge is 0.329 e. The van der Waals surface area contributed by atoms with Crippen LogP contribution in [-0.4, -0.2) is 23.0 Å². The van der Waals surface area contributed by atoms with Crippen molar-refractivity contribution in [2.24, 2.45) is 0 Å². The number of aromatic nitrogens is 1. The van der Waals surface area contributed by atoms with Gasteiger partial charge in [0, 0.05) is 25.2 Å². The molecule has 0 saturated carbocycles. The van der Waals surface area contributed by atoms with Gasteiger partial charge < -0.3 is 10.2 Å². The maximum absolute atomic E-state index is 12.2. The van der Waals surface area contributed by atoms with E-state index in [9.17, 15) is 4.79 Å². The van der Waals surface area contributed by atoms with Crippen molar-refractivity contribution in [1.29, 1.82) is 0 Å². The first-order valence-corrected chi connectivity index (χ1v) is 7.41. The summed E-state index contributed by atoms with van der Waals surface area (Å²) in [5, 5.41) is 5.79. The Balaban J connectivity index is 1.94. The van der Waals surface area contributed by atoms with Crippen molar-refractivity contribution < 1.29 is 4.79 Å². The Hall–Kier alpha value is -1.88. The van der Waals surface area contributed by atoms with Crippen LogP contribution in [0.2, 0.25) is 0 Å². The molecule has 1 atom stereocenters. The summed E-state index contributed by atoms with van der Waals surface area (Å²) < 4.78 is 0. The summed E-state index contributed by atoms with van der Waals surface area (Å²) in [6.07, 6.45) is 1.75. The molecule has 2 aromatic rings. The molecule has 1 N–H and O–H groups in total. The van der Waals surface area contributed by atoms with Crippen LogP contribution in [0, 0.1) is 6.92 Å². The molecule has 0 saturated heterocycles. The lowest BCUT2D eigenvalue weighted by molar-refractivity contribution is 0.203. The summed E-state index contributed by atoms with van der Waals surface area (Å²) in [6, 6.07) is 7.94. The molecular weight excluding hydrogens is 270 g/mol. The third-order valence-corrected chi connectivity index (χ3v) is 4.14. The molecule has 2 amide bonds. The van der Waals surface area contributed by atoms with Crippen LogP contribution in [0.1, 0.15) is 29.1 Å². The average molecular weight is 289 g/mol. The van der Waals surface area contributed by atoms with Crippen molar-refractivity contribution >= 4 is 17.4 Å². The molecule has 1 heterocycles. The molecule has 0 radical (unpaired) electrons. The number of carbonyl (C=O) groups excluding carboxylic acids is 1. The molecule has 4 nitrogen and oxygen atoms in total. The van der Waals surface area contributed by atoms with Crippen LogP contribution in [-0.2, 0) is 6.54 Å². The zero-order valence-electron chi connectivity index (χ0n) is 12.0. The summed E-state index contributed by atoms with van der Waals surface area (Å²) in [5.41, 5.74) is 2.35. The van der Waals surface area contributed by atoms with E-state index in [2.05, 4.69) is 23.3 Å². The number of carbonyl (C=O) groups is 1. The monoisotopic (exact) mass is 289 g/mol. The topological polar surface area (TPSA) is 45.2 Å². The fourth-order valence-corrected chi connectivity index (χ4v) is 2.57. The van der Waals surface area contributed by atoms with Gasteiger partial charge in [0.1, 0.15) is 5.01 Å². The van der Waals surface area contributed by atoms with Gasteiger partial charge in [0.25, 0.3) is 0 Å². The van der Waals surface area contributed by atoms with Crippen molar-refractivity contribution in [2.45, 2.75) is 26.4 Å². The molecule has 0 fully saturated rings. The number of nitrogens with zero attached hydrogens (tertiary/aromatic N) is 2. The van der Waals surface area contributed by atoms with Gasteiger partial charge in [-0.3, -0.25) is 0 Å². The van der Waals surface area contributed by atoms with Crippen LogP contribution in [0.15, 0.2) is 35.8 Å². The van der Waals surface area contributed by atoms with Gasteiger partial charge in [0.2, 0.25) is 0 Å². The molecule has 20 heavy (non-hydrogen) atoms. The maximum atomic E-state index is 12.2. The normalized spacial score (nSPS) is 11.9. The second-order valence-electron chi connectivity index (χ2n) is 4.82. The van der Waals surface area contributed by atoms with Gasteiger partial charge in [-0.25, -0.2) is 9.78 Å². The van der Waals surface area contributed by atoms with E-state index in [1.807, 2.05) is 30.5 Å². The average Bonchev–Trinajstić information content (AvgIpc) is 2.95. The van der Waals surface area contributed by atoms with Crippen molar-refractivity contribution in [3.8, 4) is 0 Å². The Morgan fingerprint density at radius 1 is 1.45 bits per heavy atom. The molecule has 5 heteroatoms. The Labute approximate surface area is 123 Å². The van der Waals surface area contributed by atoms with Gasteiger partial charge >= 0.3 is 6.03 Å². The predicted octanol–water partition coefficient (Wildman–Crippen LogP) is 3.35. The lowest BCUT2D eigenvalue weighted by Gasteiger charge is -2.21. The quantitative estimate of drug-likeness (QED) is 0.938. The molecule has 1 aromatic carbocycles. The summed E-state index contributed by atoms with van der Waals surface area (Å²) in [4.78, 5) is 18.1. The van der Waals surface area contributed by atoms with Crippen molar-refractivity contribution in [2.75, 3.05) is 7.05 Å². The highest BCUT2D eigenvalue weighted by Crippen LogP contribution is 2.15. The number of thiazole rings is 1. The van der Waals surface area contributed by atoms with Crippen LogP contribution >= 0.6 is 11.3 Å². The van der Waals surface area contributed by atoms with Crippen LogP contribution in [0.5, 0.6) is 0 Å². The lowest BCUT2D eigenvalue weighted by Crippen LogP contribution is -2.38.